The van der Waals surface area contributed by atoms with Crippen molar-refractivity contribution < 1.29 is 13.9 Å². The number of methoxy groups -OCH3 is 1. The minimum absolute atomic E-state index is 0.165. The molecule has 0 bridgehead atoms. The second kappa shape index (κ2) is 6.92. The van der Waals surface area contributed by atoms with Crippen LogP contribution in [0.25, 0.3) is 0 Å². The summed E-state index contributed by atoms with van der Waals surface area (Å²) in [5, 5.41) is 0. The predicted molar refractivity (Wildman–Crippen MR) is 86.5 cm³/mol. The van der Waals surface area contributed by atoms with Gasteiger partial charge in [-0.2, -0.15) is 0 Å². The maximum absolute atomic E-state index is 13.9. The molecular weight excluding hydrogens is 293 g/mol. The first-order valence-electron chi connectivity index (χ1n) is 7.82. The van der Waals surface area contributed by atoms with E-state index < -0.39 is 0 Å². The third-order valence-electron chi connectivity index (χ3n) is 4.13. The summed E-state index contributed by atoms with van der Waals surface area (Å²) in [4.78, 5) is 13.9. The van der Waals surface area contributed by atoms with Gasteiger partial charge in [-0.3, -0.25) is 4.90 Å². The molecule has 0 amide bonds. The Kier molecular flexibility index (Phi) is 4.72. The lowest BCUT2D eigenvalue weighted by Gasteiger charge is -2.22. The normalized spacial score (nSPS) is 14.0. The number of carbonyl (C=O) groups is 1. The fourth-order valence-electron chi connectivity index (χ4n) is 2.75. The molecule has 0 atom stereocenters. The molecule has 0 aromatic heterocycles. The molecule has 0 aliphatic heterocycles. The van der Waals surface area contributed by atoms with E-state index in [2.05, 4.69) is 4.90 Å². The highest BCUT2D eigenvalue weighted by Gasteiger charge is 2.29. The van der Waals surface area contributed by atoms with E-state index in [0.29, 0.717) is 30.3 Å². The molecule has 0 N–H and O–H groups in total. The van der Waals surface area contributed by atoms with Crippen molar-refractivity contribution in [3.05, 3.63) is 71.0 Å². The summed E-state index contributed by atoms with van der Waals surface area (Å²) in [6.07, 6.45) is 2.29. The molecule has 120 valence electrons. The van der Waals surface area contributed by atoms with Gasteiger partial charge in [-0.25, -0.2) is 9.18 Å². The molecule has 3 rings (SSSR count). The summed E-state index contributed by atoms with van der Waals surface area (Å²) >= 11 is 0. The molecule has 3 nitrogen and oxygen atoms in total. The molecule has 0 spiro atoms. The lowest BCUT2D eigenvalue weighted by atomic mass is 10.1. The summed E-state index contributed by atoms with van der Waals surface area (Å²) in [6.45, 7) is 1.28. The van der Waals surface area contributed by atoms with Crippen LogP contribution in [0, 0.1) is 5.82 Å². The van der Waals surface area contributed by atoms with Crippen molar-refractivity contribution in [3.8, 4) is 0 Å². The van der Waals surface area contributed by atoms with Crippen LogP contribution < -0.4 is 0 Å². The van der Waals surface area contributed by atoms with Crippen molar-refractivity contribution in [2.45, 2.75) is 32.0 Å². The zero-order valence-electron chi connectivity index (χ0n) is 13.2. The highest BCUT2D eigenvalue weighted by molar-refractivity contribution is 5.89. The fourth-order valence-corrected chi connectivity index (χ4v) is 2.75. The quantitative estimate of drug-likeness (QED) is 0.760. The van der Waals surface area contributed by atoms with E-state index in [1.807, 2.05) is 30.3 Å². The second-order valence-corrected chi connectivity index (χ2v) is 5.92. The first kappa shape index (κ1) is 15.7. The van der Waals surface area contributed by atoms with E-state index in [-0.39, 0.29) is 11.8 Å². The zero-order valence-corrected chi connectivity index (χ0v) is 13.2. The number of rotatable bonds is 6. The largest absolute Gasteiger partial charge is 0.465 e. The van der Waals surface area contributed by atoms with Crippen molar-refractivity contribution in [2.24, 2.45) is 0 Å². The van der Waals surface area contributed by atoms with Gasteiger partial charge >= 0.3 is 5.97 Å². The Hall–Kier alpha value is -2.20. The SMILES string of the molecule is COC(=O)c1cccc(CN(Cc2ccccc2F)C2CC2)c1. The van der Waals surface area contributed by atoms with Crippen molar-refractivity contribution in [1.82, 2.24) is 4.90 Å². The van der Waals surface area contributed by atoms with Gasteiger partial charge in [0.25, 0.3) is 0 Å². The molecule has 4 heteroatoms. The van der Waals surface area contributed by atoms with Crippen LogP contribution >= 0.6 is 0 Å². The second-order valence-electron chi connectivity index (χ2n) is 5.92. The van der Waals surface area contributed by atoms with E-state index in [1.165, 1.54) is 13.2 Å². The number of ether oxygens (including phenoxy) is 1. The number of halogens is 1. The first-order chi connectivity index (χ1) is 11.2. The molecule has 2 aromatic carbocycles. The number of benzene rings is 2. The molecular formula is C19H20FNO2. The van der Waals surface area contributed by atoms with Crippen molar-refractivity contribution >= 4 is 5.97 Å². The van der Waals surface area contributed by atoms with Gasteiger partial charge in [-0.1, -0.05) is 30.3 Å². The van der Waals surface area contributed by atoms with Crippen LogP contribution in [0.4, 0.5) is 4.39 Å². The van der Waals surface area contributed by atoms with Gasteiger partial charge in [0.15, 0.2) is 0 Å². The predicted octanol–water partition coefficient (Wildman–Crippen LogP) is 3.78. The average Bonchev–Trinajstić information content (AvgIpc) is 3.40. The number of carbonyl (C=O) groups excluding carboxylic acids is 1. The Balaban J connectivity index is 1.75. The molecule has 1 aliphatic rings. The van der Waals surface area contributed by atoms with Gasteiger partial charge in [0.2, 0.25) is 0 Å². The summed E-state index contributed by atoms with van der Waals surface area (Å²) < 4.78 is 18.7. The zero-order chi connectivity index (χ0) is 16.2. The number of hydrogen-bond acceptors (Lipinski definition) is 3. The maximum Gasteiger partial charge on any atom is 0.337 e. The Morgan fingerprint density at radius 1 is 1.17 bits per heavy atom. The van der Waals surface area contributed by atoms with Crippen LogP contribution in [-0.2, 0) is 17.8 Å². The van der Waals surface area contributed by atoms with E-state index in [1.54, 1.807) is 12.1 Å². The Labute approximate surface area is 135 Å². The minimum atomic E-state index is -0.334. The molecule has 1 fully saturated rings. The summed E-state index contributed by atoms with van der Waals surface area (Å²) in [7, 11) is 1.38. The van der Waals surface area contributed by atoms with Crippen LogP contribution in [-0.4, -0.2) is 24.0 Å². The Morgan fingerprint density at radius 3 is 2.65 bits per heavy atom. The number of hydrogen-bond donors (Lipinski definition) is 0. The molecule has 0 radical (unpaired) electrons. The van der Waals surface area contributed by atoms with Gasteiger partial charge < -0.3 is 4.74 Å². The smallest absolute Gasteiger partial charge is 0.337 e. The van der Waals surface area contributed by atoms with Crippen LogP contribution in [0.1, 0.15) is 34.3 Å². The molecule has 2 aromatic rings. The highest BCUT2D eigenvalue weighted by Crippen LogP contribution is 2.30. The van der Waals surface area contributed by atoms with E-state index in [4.69, 9.17) is 4.74 Å². The molecule has 0 heterocycles. The topological polar surface area (TPSA) is 29.5 Å². The molecule has 1 aliphatic carbocycles. The van der Waals surface area contributed by atoms with Crippen molar-refractivity contribution in [1.29, 1.82) is 0 Å². The Bertz CT molecular complexity index is 697. The van der Waals surface area contributed by atoms with E-state index >= 15 is 0 Å². The summed E-state index contributed by atoms with van der Waals surface area (Å²) in [6, 6.07) is 14.8. The minimum Gasteiger partial charge on any atom is -0.465 e. The number of nitrogens with zero attached hydrogens (tertiary/aromatic N) is 1. The van der Waals surface area contributed by atoms with Crippen LogP contribution in [0.15, 0.2) is 48.5 Å². The molecule has 23 heavy (non-hydrogen) atoms. The van der Waals surface area contributed by atoms with Gasteiger partial charge in [-0.05, 0) is 36.6 Å². The Morgan fingerprint density at radius 2 is 1.96 bits per heavy atom. The molecule has 0 saturated heterocycles. The maximum atomic E-state index is 13.9. The van der Waals surface area contributed by atoms with E-state index in [0.717, 1.165) is 18.4 Å². The number of esters is 1. The van der Waals surface area contributed by atoms with Crippen LogP contribution in [0.5, 0.6) is 0 Å². The van der Waals surface area contributed by atoms with Crippen LogP contribution in [0.3, 0.4) is 0 Å². The third kappa shape index (κ3) is 3.96. The standard InChI is InChI=1S/C19H20FNO2/c1-23-19(22)15-7-4-5-14(11-15)12-21(17-9-10-17)13-16-6-2-3-8-18(16)20/h2-8,11,17H,9-10,12-13H2,1H3. The van der Waals surface area contributed by atoms with Crippen molar-refractivity contribution in [2.75, 3.05) is 7.11 Å². The van der Waals surface area contributed by atoms with Crippen molar-refractivity contribution in [3.63, 3.8) is 0 Å². The highest BCUT2D eigenvalue weighted by atomic mass is 19.1. The van der Waals surface area contributed by atoms with Gasteiger partial charge in [0.05, 0.1) is 12.7 Å². The third-order valence-corrected chi connectivity index (χ3v) is 4.13. The molecule has 1 saturated carbocycles. The van der Waals surface area contributed by atoms with E-state index in [9.17, 15) is 9.18 Å². The fraction of sp³-hybridized carbons (Fsp3) is 0.316. The van der Waals surface area contributed by atoms with Gasteiger partial charge in [0, 0.05) is 24.7 Å². The lowest BCUT2D eigenvalue weighted by molar-refractivity contribution is 0.0600. The first-order valence-corrected chi connectivity index (χ1v) is 7.82. The summed E-state index contributed by atoms with van der Waals surface area (Å²) in [5.74, 6) is -0.500. The van der Waals surface area contributed by atoms with Crippen LogP contribution in [0.2, 0.25) is 0 Å². The summed E-state index contributed by atoms with van der Waals surface area (Å²) in [5.41, 5.74) is 2.30. The lowest BCUT2D eigenvalue weighted by Crippen LogP contribution is -2.25. The monoisotopic (exact) mass is 313 g/mol. The van der Waals surface area contributed by atoms with Gasteiger partial charge in [-0.15, -0.1) is 0 Å². The van der Waals surface area contributed by atoms with Gasteiger partial charge in [0.1, 0.15) is 5.82 Å². The molecule has 0 unspecified atom stereocenters. The average molecular weight is 313 g/mol.